The van der Waals surface area contributed by atoms with E-state index in [0.29, 0.717) is 12.5 Å². The fraction of sp³-hybridized carbons (Fsp3) is 0.733. The number of nitrogens with zero attached hydrogens (tertiary/aromatic N) is 1. The summed E-state index contributed by atoms with van der Waals surface area (Å²) >= 11 is 0. The van der Waals surface area contributed by atoms with E-state index in [1.165, 1.54) is 0 Å². The summed E-state index contributed by atoms with van der Waals surface area (Å²) in [6, 6.07) is 2.13. The summed E-state index contributed by atoms with van der Waals surface area (Å²) in [5, 5.41) is 7.02. The zero-order chi connectivity index (χ0) is 14.5. The normalized spacial score (nSPS) is 22.4. The molecule has 1 aromatic heterocycles. The molecule has 2 unspecified atom stereocenters. The van der Waals surface area contributed by atoms with Crippen LogP contribution < -0.4 is 11.1 Å². The molecule has 0 radical (unpaired) electrons. The average Bonchev–Trinajstić information content (AvgIpc) is 3.07. The van der Waals surface area contributed by atoms with Crippen LogP contribution >= 0.6 is 0 Å². The van der Waals surface area contributed by atoms with Gasteiger partial charge in [-0.25, -0.2) is 0 Å². The number of nitrogens with one attached hydrogen (secondary N) is 1. The van der Waals surface area contributed by atoms with Gasteiger partial charge in [0.15, 0.2) is 5.76 Å². The highest BCUT2D eigenvalue weighted by molar-refractivity contribution is 5.78. The Hall–Kier alpha value is -1.36. The first-order valence-corrected chi connectivity index (χ1v) is 7.62. The Morgan fingerprint density at radius 3 is 2.85 bits per heavy atom. The molecule has 1 aliphatic carbocycles. The first-order valence-electron chi connectivity index (χ1n) is 7.62. The maximum Gasteiger partial charge on any atom is 0.223 e. The Morgan fingerprint density at radius 2 is 2.25 bits per heavy atom. The maximum absolute atomic E-state index is 12.0. The Morgan fingerprint density at radius 1 is 1.50 bits per heavy atom. The van der Waals surface area contributed by atoms with E-state index in [-0.39, 0.29) is 17.9 Å². The van der Waals surface area contributed by atoms with Crippen molar-refractivity contribution in [2.24, 2.45) is 11.7 Å². The highest BCUT2D eigenvalue weighted by Crippen LogP contribution is 2.25. The van der Waals surface area contributed by atoms with Gasteiger partial charge in [-0.2, -0.15) is 0 Å². The van der Waals surface area contributed by atoms with Crippen molar-refractivity contribution < 1.29 is 9.32 Å². The van der Waals surface area contributed by atoms with Gasteiger partial charge in [-0.15, -0.1) is 0 Å². The highest BCUT2D eigenvalue weighted by Gasteiger charge is 2.27. The number of carbonyl (C=O) groups excluding carboxylic acids is 1. The van der Waals surface area contributed by atoms with E-state index in [1.54, 1.807) is 0 Å². The molecule has 0 aromatic carbocycles. The second-order valence-corrected chi connectivity index (χ2v) is 5.72. The summed E-state index contributed by atoms with van der Waals surface area (Å²) < 4.78 is 5.29. The Kier molecular flexibility index (Phi) is 5.17. The number of carbonyl (C=O) groups is 1. The van der Waals surface area contributed by atoms with E-state index in [4.69, 9.17) is 10.3 Å². The third-order valence-corrected chi connectivity index (χ3v) is 4.26. The van der Waals surface area contributed by atoms with Crippen molar-refractivity contribution in [3.05, 3.63) is 17.5 Å². The largest absolute Gasteiger partial charge is 0.359 e. The third-order valence-electron chi connectivity index (χ3n) is 4.26. The number of nitrogens with two attached hydrogens (primary N) is 1. The molecule has 1 heterocycles. The van der Waals surface area contributed by atoms with Gasteiger partial charge in [0, 0.05) is 23.9 Å². The quantitative estimate of drug-likeness (QED) is 0.837. The fourth-order valence-electron chi connectivity index (χ4n) is 2.88. The van der Waals surface area contributed by atoms with Gasteiger partial charge in [-0.1, -0.05) is 19.0 Å². The summed E-state index contributed by atoms with van der Waals surface area (Å²) in [6.07, 6.45) is 4.73. The van der Waals surface area contributed by atoms with Crippen LogP contribution in [0.5, 0.6) is 0 Å². The molecular formula is C15H25N3O2. The van der Waals surface area contributed by atoms with Gasteiger partial charge in [0.1, 0.15) is 0 Å². The first kappa shape index (κ1) is 15.0. The lowest BCUT2D eigenvalue weighted by Gasteiger charge is -2.09. The second-order valence-electron chi connectivity index (χ2n) is 5.72. The second kappa shape index (κ2) is 6.88. The highest BCUT2D eigenvalue weighted by atomic mass is 16.5. The summed E-state index contributed by atoms with van der Waals surface area (Å²) in [6.45, 7) is 4.71. The van der Waals surface area contributed by atoms with Crippen LogP contribution in [0.2, 0.25) is 0 Å². The fourth-order valence-corrected chi connectivity index (χ4v) is 2.88. The van der Waals surface area contributed by atoms with E-state index in [0.717, 1.165) is 43.6 Å². The number of amides is 1. The molecule has 0 aliphatic heterocycles. The van der Waals surface area contributed by atoms with Gasteiger partial charge in [-0.05, 0) is 32.1 Å². The molecule has 2 atom stereocenters. The number of rotatable bonds is 6. The number of hydrogen-bond donors (Lipinski definition) is 2. The lowest BCUT2D eigenvalue weighted by atomic mass is 9.99. The van der Waals surface area contributed by atoms with Crippen LogP contribution in [0, 0.1) is 5.92 Å². The molecule has 112 valence electrons. The molecule has 1 saturated carbocycles. The van der Waals surface area contributed by atoms with Crippen molar-refractivity contribution in [3.8, 4) is 0 Å². The van der Waals surface area contributed by atoms with Crippen molar-refractivity contribution in [1.82, 2.24) is 10.5 Å². The van der Waals surface area contributed by atoms with E-state index < -0.39 is 0 Å². The smallest absolute Gasteiger partial charge is 0.223 e. The molecule has 1 fully saturated rings. The van der Waals surface area contributed by atoms with Gasteiger partial charge in [0.05, 0.1) is 12.2 Å². The van der Waals surface area contributed by atoms with Crippen LogP contribution in [0.15, 0.2) is 10.6 Å². The predicted octanol–water partition coefficient (Wildman–Crippen LogP) is 2.32. The Labute approximate surface area is 120 Å². The van der Waals surface area contributed by atoms with Crippen LogP contribution in [0.3, 0.4) is 0 Å². The number of aromatic nitrogens is 1. The predicted molar refractivity (Wildman–Crippen MR) is 77.0 cm³/mol. The van der Waals surface area contributed by atoms with E-state index in [1.807, 2.05) is 6.07 Å². The van der Waals surface area contributed by atoms with Crippen LogP contribution in [-0.4, -0.2) is 17.1 Å². The standard InChI is InChI=1S/C15H25N3O2/c1-3-10(4-2)14-8-13(20-18-14)9-17-15(19)11-5-6-12(16)7-11/h8,10-12H,3-7,9,16H2,1-2H3,(H,17,19). The topological polar surface area (TPSA) is 81.2 Å². The molecule has 5 heteroatoms. The molecule has 20 heavy (non-hydrogen) atoms. The van der Waals surface area contributed by atoms with Gasteiger partial charge >= 0.3 is 0 Å². The molecule has 0 bridgehead atoms. The lowest BCUT2D eigenvalue weighted by Crippen LogP contribution is -2.29. The monoisotopic (exact) mass is 279 g/mol. The molecule has 1 aromatic rings. The van der Waals surface area contributed by atoms with Crippen LogP contribution in [-0.2, 0) is 11.3 Å². The Balaban J connectivity index is 1.83. The van der Waals surface area contributed by atoms with Gasteiger partial charge in [0.25, 0.3) is 0 Å². The third kappa shape index (κ3) is 3.60. The van der Waals surface area contributed by atoms with E-state index >= 15 is 0 Å². The first-order chi connectivity index (χ1) is 9.63. The van der Waals surface area contributed by atoms with Crippen LogP contribution in [0.4, 0.5) is 0 Å². The Bertz CT molecular complexity index is 440. The minimum Gasteiger partial charge on any atom is -0.359 e. The zero-order valence-electron chi connectivity index (χ0n) is 12.4. The van der Waals surface area contributed by atoms with E-state index in [2.05, 4.69) is 24.3 Å². The van der Waals surface area contributed by atoms with Crippen LogP contribution in [0.1, 0.15) is 63.3 Å². The van der Waals surface area contributed by atoms with Crippen molar-refractivity contribution in [2.75, 3.05) is 0 Å². The van der Waals surface area contributed by atoms with Gasteiger partial charge < -0.3 is 15.6 Å². The molecule has 1 aliphatic rings. The molecule has 0 spiro atoms. The van der Waals surface area contributed by atoms with E-state index in [9.17, 15) is 4.79 Å². The summed E-state index contributed by atoms with van der Waals surface area (Å²) in [5.74, 6) is 1.31. The molecule has 3 N–H and O–H groups in total. The molecule has 5 nitrogen and oxygen atoms in total. The molecule has 0 saturated heterocycles. The van der Waals surface area contributed by atoms with Crippen molar-refractivity contribution in [1.29, 1.82) is 0 Å². The molecule has 2 rings (SSSR count). The minimum atomic E-state index is 0.0615. The SMILES string of the molecule is CCC(CC)c1cc(CNC(=O)C2CCC(N)C2)on1. The lowest BCUT2D eigenvalue weighted by molar-refractivity contribution is -0.125. The van der Waals surface area contributed by atoms with Crippen molar-refractivity contribution >= 4 is 5.91 Å². The zero-order valence-corrected chi connectivity index (χ0v) is 12.4. The molecule has 1 amide bonds. The minimum absolute atomic E-state index is 0.0615. The maximum atomic E-state index is 12.0. The van der Waals surface area contributed by atoms with Crippen molar-refractivity contribution in [3.63, 3.8) is 0 Å². The summed E-state index contributed by atoms with van der Waals surface area (Å²) in [5.41, 5.74) is 6.82. The summed E-state index contributed by atoms with van der Waals surface area (Å²) in [4.78, 5) is 12.0. The van der Waals surface area contributed by atoms with Gasteiger partial charge in [0.2, 0.25) is 5.91 Å². The molecular weight excluding hydrogens is 254 g/mol. The van der Waals surface area contributed by atoms with Gasteiger partial charge in [-0.3, -0.25) is 4.79 Å². The summed E-state index contributed by atoms with van der Waals surface area (Å²) in [7, 11) is 0. The average molecular weight is 279 g/mol. The van der Waals surface area contributed by atoms with Crippen molar-refractivity contribution in [2.45, 2.75) is 64.5 Å². The van der Waals surface area contributed by atoms with Crippen LogP contribution in [0.25, 0.3) is 0 Å². The number of hydrogen-bond acceptors (Lipinski definition) is 4.